The molecule has 1 saturated heterocycles. The molecule has 134 valence electrons. The van der Waals surface area contributed by atoms with Crippen LogP contribution in [0.15, 0.2) is 30.2 Å². The molecule has 0 bridgehead atoms. The molecular formula is C15H13N5O6. The summed E-state index contributed by atoms with van der Waals surface area (Å²) in [4.78, 5) is 24.1. The molecule has 2 aliphatic rings. The number of hydrogen-bond acceptors (Lipinski definition) is 10. The zero-order valence-corrected chi connectivity index (χ0v) is 13.8. The third-order valence-electron chi connectivity index (χ3n) is 3.58. The number of cyclic esters (lactones) is 2. The van der Waals surface area contributed by atoms with Crippen LogP contribution in [0.1, 0.15) is 13.8 Å². The monoisotopic (exact) mass is 359 g/mol. The van der Waals surface area contributed by atoms with Gasteiger partial charge in [-0.1, -0.05) is 0 Å². The van der Waals surface area contributed by atoms with Crippen LogP contribution in [-0.4, -0.2) is 44.7 Å². The Bertz CT molecular complexity index is 899. The van der Waals surface area contributed by atoms with Crippen molar-refractivity contribution < 1.29 is 28.5 Å². The fourth-order valence-corrected chi connectivity index (χ4v) is 2.44. The van der Waals surface area contributed by atoms with Gasteiger partial charge in [0.1, 0.15) is 6.33 Å². The molecule has 0 radical (unpaired) electrons. The molecule has 1 aromatic heterocycles. The fraction of sp³-hybridized carbons (Fsp3) is 0.267. The molecule has 0 spiro atoms. The summed E-state index contributed by atoms with van der Waals surface area (Å²) >= 11 is 0. The van der Waals surface area contributed by atoms with Crippen molar-refractivity contribution in [3.8, 4) is 17.2 Å². The number of aromatic nitrogens is 4. The number of nitrogens with zero attached hydrogens (tertiary/aromatic N) is 4. The van der Waals surface area contributed by atoms with Gasteiger partial charge in [0.15, 0.2) is 17.1 Å². The Morgan fingerprint density at radius 3 is 2.50 bits per heavy atom. The van der Waals surface area contributed by atoms with Crippen molar-refractivity contribution in [2.75, 3.05) is 12.1 Å². The quantitative estimate of drug-likeness (QED) is 0.471. The van der Waals surface area contributed by atoms with Gasteiger partial charge >= 0.3 is 11.9 Å². The molecule has 3 heterocycles. The molecule has 11 nitrogen and oxygen atoms in total. The second kappa shape index (κ2) is 5.72. The summed E-state index contributed by atoms with van der Waals surface area (Å²) in [5, 5.41) is 13.9. The Hall–Kier alpha value is -3.63. The second-order valence-corrected chi connectivity index (χ2v) is 5.86. The minimum absolute atomic E-state index is 0.0860. The molecule has 0 amide bonds. The lowest BCUT2D eigenvalue weighted by molar-refractivity contribution is -0.222. The van der Waals surface area contributed by atoms with Gasteiger partial charge in [0.25, 0.3) is 5.79 Å². The van der Waals surface area contributed by atoms with Crippen LogP contribution in [0, 0.1) is 0 Å². The third kappa shape index (κ3) is 2.79. The summed E-state index contributed by atoms with van der Waals surface area (Å²) in [6.07, 6.45) is 2.59. The maximum absolute atomic E-state index is 12.0. The minimum atomic E-state index is -1.30. The summed E-state index contributed by atoms with van der Waals surface area (Å²) in [5.74, 6) is -1.86. The molecule has 2 aromatic rings. The molecule has 1 N–H and O–H groups in total. The van der Waals surface area contributed by atoms with Crippen molar-refractivity contribution in [3.05, 3.63) is 30.2 Å². The average Bonchev–Trinajstić information content (AvgIpc) is 3.23. The smallest absolute Gasteiger partial charge is 0.350 e. The van der Waals surface area contributed by atoms with E-state index in [-0.39, 0.29) is 12.4 Å². The highest BCUT2D eigenvalue weighted by Crippen LogP contribution is 2.38. The van der Waals surface area contributed by atoms with Crippen LogP contribution in [0.2, 0.25) is 0 Å². The summed E-state index contributed by atoms with van der Waals surface area (Å²) in [6, 6.07) is 3.31. The number of ether oxygens (including phenoxy) is 4. The van der Waals surface area contributed by atoms with Crippen LogP contribution in [0.3, 0.4) is 0 Å². The van der Waals surface area contributed by atoms with Crippen LogP contribution in [0.25, 0.3) is 5.69 Å². The first-order chi connectivity index (χ1) is 12.4. The summed E-state index contributed by atoms with van der Waals surface area (Å²) in [7, 11) is 0. The van der Waals surface area contributed by atoms with Gasteiger partial charge in [-0.3, -0.25) is 0 Å². The van der Waals surface area contributed by atoms with Crippen molar-refractivity contribution in [3.63, 3.8) is 0 Å². The predicted octanol–water partition coefficient (Wildman–Crippen LogP) is 0.523. The maximum atomic E-state index is 12.0. The lowest BCUT2D eigenvalue weighted by Crippen LogP contribution is -2.42. The van der Waals surface area contributed by atoms with Gasteiger partial charge in [-0.2, -0.15) is 4.68 Å². The van der Waals surface area contributed by atoms with Crippen LogP contribution < -0.4 is 14.8 Å². The predicted molar refractivity (Wildman–Crippen MR) is 83.2 cm³/mol. The Labute approximate surface area is 146 Å². The largest absolute Gasteiger partial charge is 0.454 e. The number of benzene rings is 1. The molecule has 2 aliphatic heterocycles. The van der Waals surface area contributed by atoms with Gasteiger partial charge in [0.2, 0.25) is 6.79 Å². The number of rotatable bonds is 3. The number of anilines is 1. The third-order valence-corrected chi connectivity index (χ3v) is 3.58. The molecule has 26 heavy (non-hydrogen) atoms. The first-order valence-corrected chi connectivity index (χ1v) is 7.53. The first kappa shape index (κ1) is 15.9. The number of carbonyl (C=O) groups is 2. The zero-order valence-electron chi connectivity index (χ0n) is 13.8. The van der Waals surface area contributed by atoms with E-state index in [1.165, 1.54) is 31.1 Å². The highest BCUT2D eigenvalue weighted by Gasteiger charge is 2.39. The Kier molecular flexibility index (Phi) is 3.49. The van der Waals surface area contributed by atoms with E-state index in [9.17, 15) is 9.59 Å². The minimum Gasteiger partial charge on any atom is -0.454 e. The Morgan fingerprint density at radius 2 is 1.85 bits per heavy atom. The zero-order chi connectivity index (χ0) is 18.3. The molecule has 0 aliphatic carbocycles. The summed E-state index contributed by atoms with van der Waals surface area (Å²) in [5.41, 5.74) is 0.720. The van der Waals surface area contributed by atoms with E-state index in [0.29, 0.717) is 22.9 Å². The van der Waals surface area contributed by atoms with Crippen LogP contribution in [0.5, 0.6) is 11.5 Å². The first-order valence-electron chi connectivity index (χ1n) is 7.53. The van der Waals surface area contributed by atoms with Crippen molar-refractivity contribution >= 4 is 17.6 Å². The van der Waals surface area contributed by atoms with Gasteiger partial charge in [-0.15, -0.1) is 5.10 Å². The van der Waals surface area contributed by atoms with Crippen LogP contribution in [-0.2, 0) is 19.1 Å². The second-order valence-electron chi connectivity index (χ2n) is 5.86. The van der Waals surface area contributed by atoms with Crippen molar-refractivity contribution in [2.45, 2.75) is 19.6 Å². The lowest BCUT2D eigenvalue weighted by atomic mass is 10.2. The molecule has 1 fully saturated rings. The molecule has 0 saturated carbocycles. The van der Waals surface area contributed by atoms with Crippen molar-refractivity contribution in [1.82, 2.24) is 20.2 Å². The van der Waals surface area contributed by atoms with E-state index in [1.54, 1.807) is 12.1 Å². The average molecular weight is 359 g/mol. The van der Waals surface area contributed by atoms with Gasteiger partial charge in [0, 0.05) is 32.2 Å². The van der Waals surface area contributed by atoms with Gasteiger partial charge in [-0.25, -0.2) is 9.59 Å². The molecule has 11 heteroatoms. The van der Waals surface area contributed by atoms with Gasteiger partial charge < -0.3 is 24.3 Å². The SMILES string of the molecule is CC1(C)OC(=O)C(=CNc2cc3c(cc2-n2cnnn2)OCO3)C(=O)O1. The Balaban J connectivity index is 1.68. The number of carbonyl (C=O) groups excluding carboxylic acids is 2. The van der Waals surface area contributed by atoms with Gasteiger partial charge in [-0.05, 0) is 10.4 Å². The van der Waals surface area contributed by atoms with E-state index < -0.39 is 17.7 Å². The van der Waals surface area contributed by atoms with Crippen LogP contribution in [0.4, 0.5) is 5.69 Å². The maximum Gasteiger partial charge on any atom is 0.350 e. The number of nitrogens with one attached hydrogen (secondary N) is 1. The number of hydrogen-bond donors (Lipinski definition) is 1. The van der Waals surface area contributed by atoms with E-state index in [4.69, 9.17) is 18.9 Å². The highest BCUT2D eigenvalue weighted by molar-refractivity contribution is 6.15. The van der Waals surface area contributed by atoms with E-state index in [1.807, 2.05) is 0 Å². The van der Waals surface area contributed by atoms with Gasteiger partial charge in [0.05, 0.1) is 11.4 Å². The molecule has 4 rings (SSSR count). The molecular weight excluding hydrogens is 346 g/mol. The van der Waals surface area contributed by atoms with E-state index in [0.717, 1.165) is 0 Å². The van der Waals surface area contributed by atoms with Crippen molar-refractivity contribution in [2.24, 2.45) is 0 Å². The van der Waals surface area contributed by atoms with Crippen molar-refractivity contribution in [1.29, 1.82) is 0 Å². The molecule has 0 atom stereocenters. The number of esters is 2. The lowest BCUT2D eigenvalue weighted by Gasteiger charge is -2.29. The highest BCUT2D eigenvalue weighted by atomic mass is 16.7. The Morgan fingerprint density at radius 1 is 1.15 bits per heavy atom. The topological polar surface area (TPSA) is 127 Å². The summed E-state index contributed by atoms with van der Waals surface area (Å²) < 4.78 is 22.2. The van der Waals surface area contributed by atoms with Crippen LogP contribution >= 0.6 is 0 Å². The number of tetrazole rings is 1. The summed E-state index contributed by atoms with van der Waals surface area (Å²) in [6.45, 7) is 3.03. The van der Waals surface area contributed by atoms with E-state index in [2.05, 4.69) is 20.8 Å². The standard InChI is InChI=1S/C15H13N5O6/c1-15(2)25-13(21)8(14(22)26-15)5-16-9-3-11-12(24-7-23-11)4-10(9)20-6-17-18-19-20/h3-6,16H,7H2,1-2H3. The molecule has 1 aromatic carbocycles. The molecule has 0 unspecified atom stereocenters. The normalized spacial score (nSPS) is 17.5. The van der Waals surface area contributed by atoms with E-state index >= 15 is 0 Å². The fourth-order valence-electron chi connectivity index (χ4n) is 2.44. The number of fused-ring (bicyclic) bond motifs is 1.